The average Bonchev–Trinajstić information content (AvgIpc) is 2.62. The van der Waals surface area contributed by atoms with E-state index in [0.717, 1.165) is 51.0 Å². The Morgan fingerprint density at radius 1 is 1.29 bits per heavy atom. The molecule has 3 aliphatic rings. The molecule has 3 fully saturated rings. The van der Waals surface area contributed by atoms with Crippen LogP contribution in [0.2, 0.25) is 0 Å². The summed E-state index contributed by atoms with van der Waals surface area (Å²) in [6, 6.07) is 0.915. The van der Waals surface area contributed by atoms with E-state index in [1.807, 2.05) is 4.90 Å². The van der Waals surface area contributed by atoms with Gasteiger partial charge in [0.05, 0.1) is 19.0 Å². The van der Waals surface area contributed by atoms with Crippen molar-refractivity contribution in [1.82, 2.24) is 15.2 Å². The highest BCUT2D eigenvalue weighted by Gasteiger charge is 2.49. The van der Waals surface area contributed by atoms with Gasteiger partial charge in [-0.2, -0.15) is 0 Å². The summed E-state index contributed by atoms with van der Waals surface area (Å²) >= 11 is 0. The molecule has 4 rings (SSSR count). The number of halogens is 2. The molecule has 0 radical (unpaired) electrons. The molecule has 1 saturated heterocycles. The van der Waals surface area contributed by atoms with Crippen LogP contribution in [0.1, 0.15) is 51.6 Å². The van der Waals surface area contributed by atoms with Gasteiger partial charge >= 0.3 is 6.09 Å². The summed E-state index contributed by atoms with van der Waals surface area (Å²) in [6.07, 6.45) is 5.45. The van der Waals surface area contributed by atoms with E-state index < -0.39 is 17.7 Å². The molecular weight excluding hydrogens is 368 g/mol. The van der Waals surface area contributed by atoms with Crippen LogP contribution in [0.15, 0.2) is 12.3 Å². The van der Waals surface area contributed by atoms with Crippen LogP contribution in [0.25, 0.3) is 0 Å². The Morgan fingerprint density at radius 3 is 2.57 bits per heavy atom. The first-order valence-corrected chi connectivity index (χ1v) is 9.83. The largest absolute Gasteiger partial charge is 0.453 e. The standard InChI is InChI=1S/C20H25F2N3O3.H2/c1-28-19(27)24-15-6-12(7-15)18(26)25-4-2-20(3-5-25)9-13(10-20)17-16(22)8-14(21)11-23-17;/h8,11-13,15H,2-7,9-10H2,1H3,(H,24,27);1H. The molecule has 2 heterocycles. The molecule has 0 unspecified atom stereocenters. The van der Waals surface area contributed by atoms with E-state index in [-0.39, 0.29) is 30.6 Å². The number of carbonyl (C=O) groups excluding carboxylic acids is 2. The van der Waals surface area contributed by atoms with E-state index in [1.54, 1.807) is 0 Å². The van der Waals surface area contributed by atoms with Crippen molar-refractivity contribution in [2.75, 3.05) is 20.2 Å². The maximum atomic E-state index is 13.9. The van der Waals surface area contributed by atoms with Crippen LogP contribution >= 0.6 is 0 Å². The number of nitrogens with one attached hydrogen (secondary N) is 1. The van der Waals surface area contributed by atoms with Crippen LogP contribution in [0.5, 0.6) is 0 Å². The van der Waals surface area contributed by atoms with Gasteiger partial charge in [-0.15, -0.1) is 0 Å². The van der Waals surface area contributed by atoms with E-state index >= 15 is 0 Å². The number of piperidine rings is 1. The molecule has 1 N–H and O–H groups in total. The van der Waals surface area contributed by atoms with Gasteiger partial charge in [0.1, 0.15) is 11.6 Å². The Bertz CT molecular complexity index is 772. The van der Waals surface area contributed by atoms with Crippen molar-refractivity contribution in [2.45, 2.75) is 50.5 Å². The Hall–Kier alpha value is -2.25. The molecule has 2 amide bonds. The lowest BCUT2D eigenvalue weighted by molar-refractivity contribution is -0.142. The van der Waals surface area contributed by atoms with Crippen LogP contribution in [0.3, 0.4) is 0 Å². The number of alkyl carbamates (subject to hydrolysis) is 1. The molecule has 1 aromatic rings. The predicted octanol–water partition coefficient (Wildman–Crippen LogP) is 3.23. The minimum absolute atomic E-state index is 0. The van der Waals surface area contributed by atoms with Gasteiger partial charge < -0.3 is 15.0 Å². The van der Waals surface area contributed by atoms with E-state index in [0.29, 0.717) is 18.5 Å². The summed E-state index contributed by atoms with van der Waals surface area (Å²) in [6.45, 7) is 1.44. The molecule has 28 heavy (non-hydrogen) atoms. The number of ether oxygens (including phenoxy) is 1. The number of rotatable bonds is 3. The number of hydrogen-bond acceptors (Lipinski definition) is 4. The normalized spacial score (nSPS) is 26.3. The van der Waals surface area contributed by atoms with Gasteiger partial charge in [-0.1, -0.05) is 0 Å². The average molecular weight is 395 g/mol. The van der Waals surface area contributed by atoms with Crippen molar-refractivity contribution in [3.05, 3.63) is 29.6 Å². The van der Waals surface area contributed by atoms with Crippen molar-refractivity contribution in [3.8, 4) is 0 Å². The van der Waals surface area contributed by atoms with E-state index in [1.165, 1.54) is 7.11 Å². The molecule has 6 nitrogen and oxygen atoms in total. The predicted molar refractivity (Wildman–Crippen MR) is 98.5 cm³/mol. The molecule has 0 aromatic carbocycles. The Balaban J connectivity index is 0.00000240. The van der Waals surface area contributed by atoms with Gasteiger partial charge in [0.25, 0.3) is 0 Å². The molecule has 1 aromatic heterocycles. The second-order valence-corrected chi connectivity index (χ2v) is 8.45. The van der Waals surface area contributed by atoms with Crippen LogP contribution in [0, 0.1) is 23.0 Å². The molecule has 0 bridgehead atoms. The van der Waals surface area contributed by atoms with Gasteiger partial charge in [-0.25, -0.2) is 13.6 Å². The molecule has 2 aliphatic carbocycles. The molecule has 1 spiro atoms. The minimum Gasteiger partial charge on any atom is -0.453 e. The third-order valence-corrected chi connectivity index (χ3v) is 6.71. The summed E-state index contributed by atoms with van der Waals surface area (Å²) in [5.74, 6) is -1.03. The number of likely N-dealkylation sites (tertiary alicyclic amines) is 1. The van der Waals surface area contributed by atoms with Crippen LogP contribution in [-0.2, 0) is 9.53 Å². The van der Waals surface area contributed by atoms with Crippen molar-refractivity contribution >= 4 is 12.0 Å². The first-order chi connectivity index (χ1) is 13.4. The molecule has 1 aliphatic heterocycles. The number of nitrogens with zero attached hydrogens (tertiary/aromatic N) is 2. The smallest absolute Gasteiger partial charge is 0.407 e. The second-order valence-electron chi connectivity index (χ2n) is 8.45. The van der Waals surface area contributed by atoms with Crippen LogP contribution < -0.4 is 5.32 Å². The Labute approximate surface area is 164 Å². The number of amides is 2. The van der Waals surface area contributed by atoms with Crippen molar-refractivity contribution in [2.24, 2.45) is 11.3 Å². The minimum atomic E-state index is -0.651. The Morgan fingerprint density at radius 2 is 1.96 bits per heavy atom. The lowest BCUT2D eigenvalue weighted by Crippen LogP contribution is -2.54. The van der Waals surface area contributed by atoms with Crippen molar-refractivity contribution in [1.29, 1.82) is 0 Å². The fraction of sp³-hybridized carbons (Fsp3) is 0.650. The van der Waals surface area contributed by atoms with Gasteiger partial charge in [0, 0.05) is 38.5 Å². The summed E-state index contributed by atoms with van der Waals surface area (Å²) in [7, 11) is 1.33. The monoisotopic (exact) mass is 395 g/mol. The zero-order valence-corrected chi connectivity index (χ0v) is 15.9. The molecule has 0 atom stereocenters. The highest BCUT2D eigenvalue weighted by molar-refractivity contribution is 5.80. The molecule has 2 saturated carbocycles. The summed E-state index contributed by atoms with van der Waals surface area (Å²) in [4.78, 5) is 29.7. The third-order valence-electron chi connectivity index (χ3n) is 6.71. The fourth-order valence-corrected chi connectivity index (χ4v) is 4.94. The molecular formula is C20H27F2N3O3. The SMILES string of the molecule is COC(=O)NC1CC(C(=O)N2CCC3(CC2)CC(c2ncc(F)cc2F)C3)C1.[HH]. The van der Waals surface area contributed by atoms with Gasteiger partial charge in [-0.05, 0) is 43.9 Å². The number of hydrogen-bond donors (Lipinski definition) is 1. The highest BCUT2D eigenvalue weighted by Crippen LogP contribution is 2.56. The van der Waals surface area contributed by atoms with E-state index in [2.05, 4.69) is 15.0 Å². The van der Waals surface area contributed by atoms with Gasteiger partial charge in [0.2, 0.25) is 5.91 Å². The quantitative estimate of drug-likeness (QED) is 0.853. The Kier molecular flexibility index (Phi) is 4.97. The number of methoxy groups -OCH3 is 1. The van der Waals surface area contributed by atoms with Crippen molar-refractivity contribution < 1.29 is 24.5 Å². The summed E-state index contributed by atoms with van der Waals surface area (Å²) < 4.78 is 31.5. The first-order valence-electron chi connectivity index (χ1n) is 9.83. The fourth-order valence-electron chi connectivity index (χ4n) is 4.94. The van der Waals surface area contributed by atoms with Crippen LogP contribution in [-0.4, -0.2) is 48.1 Å². The number of aromatic nitrogens is 1. The zero-order valence-electron chi connectivity index (χ0n) is 15.9. The topological polar surface area (TPSA) is 71.5 Å². The summed E-state index contributed by atoms with van der Waals surface area (Å²) in [5.41, 5.74) is 0.516. The van der Waals surface area contributed by atoms with Gasteiger partial charge in [-0.3, -0.25) is 9.78 Å². The van der Waals surface area contributed by atoms with Crippen molar-refractivity contribution in [3.63, 3.8) is 0 Å². The molecule has 154 valence electrons. The van der Waals surface area contributed by atoms with E-state index in [4.69, 9.17) is 0 Å². The maximum absolute atomic E-state index is 13.9. The van der Waals surface area contributed by atoms with E-state index in [9.17, 15) is 18.4 Å². The lowest BCUT2D eigenvalue weighted by atomic mass is 9.56. The van der Waals surface area contributed by atoms with Gasteiger partial charge in [0.15, 0.2) is 0 Å². The highest BCUT2D eigenvalue weighted by atomic mass is 19.1. The lowest BCUT2D eigenvalue weighted by Gasteiger charge is -2.52. The second kappa shape index (κ2) is 7.29. The maximum Gasteiger partial charge on any atom is 0.407 e. The molecule has 8 heteroatoms. The first kappa shape index (κ1) is 19.1. The third kappa shape index (κ3) is 3.56. The zero-order chi connectivity index (χ0) is 19.9. The number of carbonyl (C=O) groups is 2. The number of pyridine rings is 1. The van der Waals surface area contributed by atoms with Crippen LogP contribution in [0.4, 0.5) is 13.6 Å². The summed E-state index contributed by atoms with van der Waals surface area (Å²) in [5, 5.41) is 2.72.